The largest absolute Gasteiger partial charge is 1.00 e. The van der Waals surface area contributed by atoms with Crippen LogP contribution in [0.4, 0.5) is 4.39 Å². The molecule has 0 saturated heterocycles. The lowest BCUT2D eigenvalue weighted by molar-refractivity contribution is -0.00000593. The maximum atomic E-state index is 13.4. The van der Waals surface area contributed by atoms with Gasteiger partial charge in [0.25, 0.3) is 0 Å². The summed E-state index contributed by atoms with van der Waals surface area (Å²) in [5.74, 6) is -0.304. The highest BCUT2D eigenvalue weighted by atomic mass is 35.5. The van der Waals surface area contributed by atoms with Crippen LogP contribution >= 0.6 is 7.26 Å². The Morgan fingerprint density at radius 2 is 1.04 bits per heavy atom. The first-order chi connectivity index (χ1) is 13.3. The van der Waals surface area contributed by atoms with Crippen molar-refractivity contribution in [3.8, 4) is 0 Å². The first-order valence-electron chi connectivity index (χ1n) is 8.94. The van der Waals surface area contributed by atoms with Gasteiger partial charge in [0.15, 0.2) is 0 Å². The van der Waals surface area contributed by atoms with E-state index in [1.807, 2.05) is 18.2 Å². The van der Waals surface area contributed by atoms with Gasteiger partial charge >= 0.3 is 0 Å². The van der Waals surface area contributed by atoms with E-state index in [1.165, 1.54) is 28.2 Å². The summed E-state index contributed by atoms with van der Waals surface area (Å²) in [6.45, 7) is 0. The predicted molar refractivity (Wildman–Crippen MR) is 113 cm³/mol. The topological polar surface area (TPSA) is 12.9 Å². The molecule has 0 fully saturated rings. The van der Waals surface area contributed by atoms with Gasteiger partial charge in [0, 0.05) is 0 Å². The first-order valence-corrected chi connectivity index (χ1v) is 10.9. The van der Waals surface area contributed by atoms with Gasteiger partial charge in [0.1, 0.15) is 35.2 Å². The van der Waals surface area contributed by atoms with E-state index in [2.05, 4.69) is 77.8 Å². The fraction of sp³-hybridized carbons (Fsp3) is 0.0417. The van der Waals surface area contributed by atoms with E-state index >= 15 is 0 Å². The molecule has 0 aliphatic heterocycles. The average Bonchev–Trinajstić information content (AvgIpc) is 2.75. The van der Waals surface area contributed by atoms with E-state index in [0.717, 1.165) is 11.9 Å². The molecule has 140 valence electrons. The summed E-state index contributed by atoms with van der Waals surface area (Å²) in [5.41, 5.74) is 0.904. The molecule has 0 saturated carbocycles. The minimum Gasteiger partial charge on any atom is -1.00 e. The second-order valence-corrected chi connectivity index (χ2v) is 9.93. The molecule has 4 aromatic rings. The lowest BCUT2D eigenvalue weighted by atomic mass is 10.3. The Labute approximate surface area is 172 Å². The molecule has 4 heteroatoms. The molecular formula is C24H20ClFNP. The Kier molecular flexibility index (Phi) is 6.57. The van der Waals surface area contributed by atoms with Crippen LogP contribution in [-0.4, -0.2) is 4.98 Å². The molecule has 0 unspecified atom stereocenters. The third-order valence-corrected chi connectivity index (χ3v) is 9.12. The van der Waals surface area contributed by atoms with Crippen molar-refractivity contribution in [2.24, 2.45) is 0 Å². The van der Waals surface area contributed by atoms with Crippen molar-refractivity contribution in [2.45, 2.75) is 6.16 Å². The predicted octanol–water partition coefficient (Wildman–Crippen LogP) is 1.72. The summed E-state index contributed by atoms with van der Waals surface area (Å²) in [5, 5.41) is 3.90. The van der Waals surface area contributed by atoms with Gasteiger partial charge in [-0.05, 0) is 48.5 Å². The summed E-state index contributed by atoms with van der Waals surface area (Å²) < 4.78 is 13.4. The molecular weight excluding hydrogens is 388 g/mol. The molecule has 0 bridgehead atoms. The second-order valence-electron chi connectivity index (χ2n) is 6.44. The Morgan fingerprint density at radius 3 is 1.39 bits per heavy atom. The Balaban J connectivity index is 0.00000225. The molecule has 1 nitrogen and oxygen atoms in total. The normalized spacial score (nSPS) is 10.9. The van der Waals surface area contributed by atoms with Crippen LogP contribution in [0.3, 0.4) is 0 Å². The number of halogens is 2. The van der Waals surface area contributed by atoms with Crippen molar-refractivity contribution in [2.75, 3.05) is 0 Å². The monoisotopic (exact) mass is 407 g/mol. The summed E-state index contributed by atoms with van der Waals surface area (Å²) in [6.07, 6.45) is 2.07. The Bertz CT molecular complexity index is 896. The maximum Gasteiger partial charge on any atom is 0.141 e. The van der Waals surface area contributed by atoms with Crippen LogP contribution in [0.5, 0.6) is 0 Å². The van der Waals surface area contributed by atoms with E-state index in [-0.39, 0.29) is 18.2 Å². The number of aromatic nitrogens is 1. The van der Waals surface area contributed by atoms with Crippen molar-refractivity contribution in [3.63, 3.8) is 0 Å². The van der Waals surface area contributed by atoms with Gasteiger partial charge < -0.3 is 12.4 Å². The van der Waals surface area contributed by atoms with Crippen LogP contribution in [0.25, 0.3) is 0 Å². The highest BCUT2D eigenvalue weighted by molar-refractivity contribution is 7.95. The Hall–Kier alpha value is -2.54. The highest BCUT2D eigenvalue weighted by Crippen LogP contribution is 2.57. The van der Waals surface area contributed by atoms with Gasteiger partial charge in [0.05, 0.1) is 11.9 Å². The summed E-state index contributed by atoms with van der Waals surface area (Å²) >= 11 is 0. The standard InChI is InChI=1S/C24H20FNP.ClH/c25-20-16-17-21(26-18-20)19-27(22-10-4-1-5-11-22,23-12-6-2-7-13-23)24-14-8-3-9-15-24;/h1-18H,19H2;1H/q+1;/p-1. The molecule has 0 aliphatic rings. The summed E-state index contributed by atoms with van der Waals surface area (Å²) in [7, 11) is -1.98. The molecule has 0 atom stereocenters. The third-order valence-electron chi connectivity index (χ3n) is 4.78. The van der Waals surface area contributed by atoms with Crippen LogP contribution in [0.1, 0.15) is 5.69 Å². The van der Waals surface area contributed by atoms with Crippen LogP contribution in [0, 0.1) is 5.82 Å². The first kappa shape index (κ1) is 20.2. The van der Waals surface area contributed by atoms with Crippen molar-refractivity contribution >= 4 is 23.2 Å². The molecule has 0 radical (unpaired) electrons. The van der Waals surface area contributed by atoms with Crippen LogP contribution in [0.2, 0.25) is 0 Å². The molecule has 0 N–H and O–H groups in total. The van der Waals surface area contributed by atoms with Gasteiger partial charge in [-0.15, -0.1) is 0 Å². The van der Waals surface area contributed by atoms with Crippen molar-refractivity contribution in [3.05, 3.63) is 121 Å². The number of benzene rings is 3. The summed E-state index contributed by atoms with van der Waals surface area (Å²) in [4.78, 5) is 4.39. The lowest BCUT2D eigenvalue weighted by Crippen LogP contribution is -3.00. The second kappa shape index (κ2) is 9.10. The summed E-state index contributed by atoms with van der Waals surface area (Å²) in [6, 6.07) is 35.2. The number of hydrogen-bond acceptors (Lipinski definition) is 1. The van der Waals surface area contributed by atoms with Crippen molar-refractivity contribution < 1.29 is 16.8 Å². The van der Waals surface area contributed by atoms with Crippen molar-refractivity contribution in [1.82, 2.24) is 4.98 Å². The third kappa shape index (κ3) is 3.99. The number of nitrogens with zero attached hydrogens (tertiary/aromatic N) is 1. The van der Waals surface area contributed by atoms with Gasteiger partial charge in [-0.1, -0.05) is 54.6 Å². The van der Waals surface area contributed by atoms with Gasteiger partial charge in [-0.2, -0.15) is 0 Å². The van der Waals surface area contributed by atoms with Gasteiger partial charge in [0.2, 0.25) is 0 Å². The molecule has 1 heterocycles. The number of rotatable bonds is 5. The molecule has 0 amide bonds. The van der Waals surface area contributed by atoms with Crippen LogP contribution in [0.15, 0.2) is 109 Å². The van der Waals surface area contributed by atoms with E-state index in [9.17, 15) is 4.39 Å². The minimum atomic E-state index is -1.98. The SMILES string of the molecule is Fc1ccc(C[P+](c2ccccc2)(c2ccccc2)c2ccccc2)nc1.[Cl-]. The zero-order valence-electron chi connectivity index (χ0n) is 15.2. The van der Waals surface area contributed by atoms with E-state index in [0.29, 0.717) is 0 Å². The Morgan fingerprint density at radius 1 is 0.607 bits per heavy atom. The molecule has 28 heavy (non-hydrogen) atoms. The maximum absolute atomic E-state index is 13.4. The highest BCUT2D eigenvalue weighted by Gasteiger charge is 2.45. The zero-order chi connectivity index (χ0) is 18.5. The quantitative estimate of drug-likeness (QED) is 0.459. The van der Waals surface area contributed by atoms with E-state index in [1.54, 1.807) is 6.07 Å². The molecule has 1 aromatic heterocycles. The smallest absolute Gasteiger partial charge is 0.141 e. The van der Waals surface area contributed by atoms with Crippen LogP contribution in [-0.2, 0) is 6.16 Å². The van der Waals surface area contributed by atoms with E-state index < -0.39 is 7.26 Å². The molecule has 0 aliphatic carbocycles. The van der Waals surface area contributed by atoms with Gasteiger partial charge in [-0.25, -0.2) is 4.39 Å². The number of hydrogen-bond donors (Lipinski definition) is 0. The zero-order valence-corrected chi connectivity index (χ0v) is 16.9. The fourth-order valence-corrected chi connectivity index (χ4v) is 7.67. The lowest BCUT2D eigenvalue weighted by Gasteiger charge is -2.27. The van der Waals surface area contributed by atoms with Crippen molar-refractivity contribution in [1.29, 1.82) is 0 Å². The minimum absolute atomic E-state index is 0. The van der Waals surface area contributed by atoms with E-state index in [4.69, 9.17) is 0 Å². The van der Waals surface area contributed by atoms with Crippen LogP contribution < -0.4 is 28.3 Å². The average molecular weight is 408 g/mol. The number of pyridine rings is 1. The molecule has 4 rings (SSSR count). The molecule has 3 aromatic carbocycles. The molecule has 0 spiro atoms. The fourth-order valence-electron chi connectivity index (χ4n) is 3.51. The van der Waals surface area contributed by atoms with Gasteiger partial charge in [-0.3, -0.25) is 4.98 Å².